The van der Waals surface area contributed by atoms with Crippen LogP contribution in [-0.2, 0) is 4.79 Å². The summed E-state index contributed by atoms with van der Waals surface area (Å²) < 4.78 is 0. The first kappa shape index (κ1) is 13.4. The fourth-order valence-electron chi connectivity index (χ4n) is 2.24. The number of benzene rings is 1. The van der Waals surface area contributed by atoms with Crippen LogP contribution in [-0.4, -0.2) is 19.0 Å². The summed E-state index contributed by atoms with van der Waals surface area (Å²) in [6, 6.07) is 5.54. The molecule has 1 unspecified atom stereocenters. The minimum Gasteiger partial charge on any atom is -0.326 e. The maximum Gasteiger partial charge on any atom is 0.224 e. The van der Waals surface area contributed by atoms with E-state index in [1.807, 2.05) is 19.1 Å². The quantitative estimate of drug-likeness (QED) is 0.880. The highest BCUT2D eigenvalue weighted by atomic mass is 35.5. The monoisotopic (exact) mass is 266 g/mol. The van der Waals surface area contributed by atoms with Gasteiger partial charge in [0.2, 0.25) is 5.91 Å². The van der Waals surface area contributed by atoms with E-state index in [2.05, 4.69) is 10.6 Å². The van der Waals surface area contributed by atoms with E-state index in [0.717, 1.165) is 30.8 Å². The standard InChI is InChI=1S/C14H19ClN2O/c1-10-2-4-12(15)8-13(10)17-14(18)5-3-11-6-7-16-9-11/h2,4,8,11,16H,3,5-7,9H2,1H3,(H,17,18). The number of anilines is 1. The Bertz CT molecular complexity index is 428. The van der Waals surface area contributed by atoms with Crippen LogP contribution in [0.5, 0.6) is 0 Å². The second-order valence-corrected chi connectivity index (χ2v) is 5.34. The van der Waals surface area contributed by atoms with Crippen molar-refractivity contribution in [2.45, 2.75) is 26.2 Å². The predicted octanol–water partition coefficient (Wildman–Crippen LogP) is 2.98. The Hall–Kier alpha value is -1.06. The third kappa shape index (κ3) is 3.72. The minimum absolute atomic E-state index is 0.0762. The molecule has 1 amide bonds. The highest BCUT2D eigenvalue weighted by molar-refractivity contribution is 6.31. The van der Waals surface area contributed by atoms with Crippen molar-refractivity contribution >= 4 is 23.2 Å². The molecule has 1 aromatic rings. The lowest BCUT2D eigenvalue weighted by molar-refractivity contribution is -0.116. The van der Waals surface area contributed by atoms with Gasteiger partial charge in [-0.05, 0) is 56.5 Å². The van der Waals surface area contributed by atoms with Gasteiger partial charge in [0, 0.05) is 17.1 Å². The molecule has 4 heteroatoms. The zero-order chi connectivity index (χ0) is 13.0. The molecule has 18 heavy (non-hydrogen) atoms. The van der Waals surface area contributed by atoms with E-state index in [4.69, 9.17) is 11.6 Å². The van der Waals surface area contributed by atoms with Crippen LogP contribution in [0.25, 0.3) is 0 Å². The van der Waals surface area contributed by atoms with Crippen LogP contribution in [0.1, 0.15) is 24.8 Å². The number of carbonyl (C=O) groups excluding carboxylic acids is 1. The van der Waals surface area contributed by atoms with Crippen LogP contribution in [0.2, 0.25) is 5.02 Å². The van der Waals surface area contributed by atoms with Gasteiger partial charge in [0.25, 0.3) is 0 Å². The van der Waals surface area contributed by atoms with Gasteiger partial charge in [-0.3, -0.25) is 4.79 Å². The number of nitrogens with one attached hydrogen (secondary N) is 2. The van der Waals surface area contributed by atoms with Crippen LogP contribution in [0.4, 0.5) is 5.69 Å². The second-order valence-electron chi connectivity index (χ2n) is 4.90. The van der Waals surface area contributed by atoms with Crippen molar-refractivity contribution in [2.75, 3.05) is 18.4 Å². The highest BCUT2D eigenvalue weighted by Crippen LogP contribution is 2.21. The molecule has 98 valence electrons. The lowest BCUT2D eigenvalue weighted by atomic mass is 10.0. The molecule has 0 bridgehead atoms. The molecule has 0 saturated carbocycles. The van der Waals surface area contributed by atoms with Gasteiger partial charge in [0.05, 0.1) is 0 Å². The molecule has 0 aromatic heterocycles. The number of carbonyl (C=O) groups is 1. The first-order valence-corrected chi connectivity index (χ1v) is 6.79. The molecular weight excluding hydrogens is 248 g/mol. The molecule has 1 aromatic carbocycles. The molecule has 1 aliphatic rings. The Labute approximate surface area is 113 Å². The van der Waals surface area contributed by atoms with E-state index in [-0.39, 0.29) is 5.91 Å². The first-order valence-electron chi connectivity index (χ1n) is 6.42. The van der Waals surface area contributed by atoms with Crippen LogP contribution in [0, 0.1) is 12.8 Å². The molecule has 0 radical (unpaired) electrons. The van der Waals surface area contributed by atoms with Gasteiger partial charge in [0.15, 0.2) is 0 Å². The fourth-order valence-corrected chi connectivity index (χ4v) is 2.41. The SMILES string of the molecule is Cc1ccc(Cl)cc1NC(=O)CCC1CCNC1. The molecule has 2 N–H and O–H groups in total. The maximum absolute atomic E-state index is 11.9. The number of amides is 1. The fraction of sp³-hybridized carbons (Fsp3) is 0.500. The number of hydrogen-bond acceptors (Lipinski definition) is 2. The topological polar surface area (TPSA) is 41.1 Å². The third-order valence-corrected chi connectivity index (χ3v) is 3.65. The second kappa shape index (κ2) is 6.21. The van der Waals surface area contributed by atoms with Crippen molar-refractivity contribution in [1.29, 1.82) is 0 Å². The van der Waals surface area contributed by atoms with Crippen LogP contribution < -0.4 is 10.6 Å². The van der Waals surface area contributed by atoms with E-state index < -0.39 is 0 Å². The average Bonchev–Trinajstić information content (AvgIpc) is 2.84. The lowest BCUT2D eigenvalue weighted by Crippen LogP contribution is -2.15. The smallest absolute Gasteiger partial charge is 0.224 e. The summed E-state index contributed by atoms with van der Waals surface area (Å²) in [5.74, 6) is 0.725. The zero-order valence-corrected chi connectivity index (χ0v) is 11.4. The van der Waals surface area contributed by atoms with Crippen LogP contribution in [0.15, 0.2) is 18.2 Å². The Balaban J connectivity index is 1.84. The van der Waals surface area contributed by atoms with Crippen molar-refractivity contribution in [3.63, 3.8) is 0 Å². The van der Waals surface area contributed by atoms with E-state index >= 15 is 0 Å². The van der Waals surface area contributed by atoms with Crippen molar-refractivity contribution in [3.8, 4) is 0 Å². The molecule has 1 fully saturated rings. The Morgan fingerprint density at radius 3 is 3.11 bits per heavy atom. The maximum atomic E-state index is 11.9. The lowest BCUT2D eigenvalue weighted by Gasteiger charge is -2.10. The highest BCUT2D eigenvalue weighted by Gasteiger charge is 2.15. The van der Waals surface area contributed by atoms with Crippen molar-refractivity contribution in [3.05, 3.63) is 28.8 Å². The van der Waals surface area contributed by atoms with Gasteiger partial charge in [-0.15, -0.1) is 0 Å². The third-order valence-electron chi connectivity index (χ3n) is 3.42. The van der Waals surface area contributed by atoms with E-state index in [1.165, 1.54) is 6.42 Å². The van der Waals surface area contributed by atoms with Crippen LogP contribution in [0.3, 0.4) is 0 Å². The molecule has 0 spiro atoms. The summed E-state index contributed by atoms with van der Waals surface area (Å²) in [5, 5.41) is 6.89. The Morgan fingerprint density at radius 1 is 1.56 bits per heavy atom. The van der Waals surface area contributed by atoms with E-state index in [0.29, 0.717) is 17.4 Å². The number of hydrogen-bond donors (Lipinski definition) is 2. The average molecular weight is 267 g/mol. The molecular formula is C14H19ClN2O. The molecule has 0 aliphatic carbocycles. The van der Waals surface area contributed by atoms with E-state index in [9.17, 15) is 4.79 Å². The largest absolute Gasteiger partial charge is 0.326 e. The van der Waals surface area contributed by atoms with Crippen molar-refractivity contribution in [2.24, 2.45) is 5.92 Å². The molecule has 3 nitrogen and oxygen atoms in total. The van der Waals surface area contributed by atoms with Crippen LogP contribution >= 0.6 is 11.6 Å². The molecule has 1 aliphatic heterocycles. The van der Waals surface area contributed by atoms with Gasteiger partial charge < -0.3 is 10.6 Å². The van der Waals surface area contributed by atoms with E-state index in [1.54, 1.807) is 6.07 Å². The summed E-state index contributed by atoms with van der Waals surface area (Å²) in [7, 11) is 0. The summed E-state index contributed by atoms with van der Waals surface area (Å²) in [6.07, 6.45) is 2.72. The van der Waals surface area contributed by atoms with Gasteiger partial charge in [0.1, 0.15) is 0 Å². The Kier molecular flexibility index (Phi) is 4.61. The summed E-state index contributed by atoms with van der Waals surface area (Å²) in [6.45, 7) is 4.09. The predicted molar refractivity (Wildman–Crippen MR) is 75.0 cm³/mol. The first-order chi connectivity index (χ1) is 8.65. The van der Waals surface area contributed by atoms with Crippen molar-refractivity contribution in [1.82, 2.24) is 5.32 Å². The molecule has 1 saturated heterocycles. The zero-order valence-electron chi connectivity index (χ0n) is 10.6. The van der Waals surface area contributed by atoms with Gasteiger partial charge in [-0.2, -0.15) is 0 Å². The number of halogens is 1. The van der Waals surface area contributed by atoms with Gasteiger partial charge in [-0.1, -0.05) is 17.7 Å². The summed E-state index contributed by atoms with van der Waals surface area (Å²) in [5.41, 5.74) is 1.85. The minimum atomic E-state index is 0.0762. The molecule has 2 rings (SSSR count). The summed E-state index contributed by atoms with van der Waals surface area (Å²) in [4.78, 5) is 11.9. The summed E-state index contributed by atoms with van der Waals surface area (Å²) >= 11 is 5.92. The molecule has 1 atom stereocenters. The van der Waals surface area contributed by atoms with Gasteiger partial charge >= 0.3 is 0 Å². The molecule has 1 heterocycles. The normalized spacial score (nSPS) is 18.9. The number of aryl methyl sites for hydroxylation is 1. The van der Waals surface area contributed by atoms with Gasteiger partial charge in [-0.25, -0.2) is 0 Å². The van der Waals surface area contributed by atoms with Crippen molar-refractivity contribution < 1.29 is 4.79 Å². The Morgan fingerprint density at radius 2 is 2.39 bits per heavy atom. The number of rotatable bonds is 4.